The van der Waals surface area contributed by atoms with Crippen LogP contribution in [-0.2, 0) is 0 Å². The Labute approximate surface area is 129 Å². The monoisotopic (exact) mass is 297 g/mol. The predicted octanol–water partition coefficient (Wildman–Crippen LogP) is 3.77. The number of nitro groups is 1. The van der Waals surface area contributed by atoms with Crippen LogP contribution in [-0.4, -0.2) is 23.0 Å². The molecule has 5 heteroatoms. The number of nitro benzene ring substituents is 1. The quantitative estimate of drug-likeness (QED) is 0.601. The summed E-state index contributed by atoms with van der Waals surface area (Å²) < 4.78 is 0. The molecule has 4 rings (SSSR count). The van der Waals surface area contributed by atoms with Gasteiger partial charge in [-0.05, 0) is 49.7 Å². The highest BCUT2D eigenvalue weighted by molar-refractivity contribution is 5.99. The largest absolute Gasteiger partial charge is 0.370 e. The maximum atomic E-state index is 11.2. The lowest BCUT2D eigenvalue weighted by Crippen LogP contribution is -2.28. The van der Waals surface area contributed by atoms with Gasteiger partial charge in [-0.3, -0.25) is 15.1 Å². The van der Waals surface area contributed by atoms with Crippen molar-refractivity contribution in [2.45, 2.75) is 25.7 Å². The highest BCUT2D eigenvalue weighted by Crippen LogP contribution is 2.39. The van der Waals surface area contributed by atoms with E-state index in [0.717, 1.165) is 36.0 Å². The third-order valence-electron chi connectivity index (χ3n) is 4.66. The maximum absolute atomic E-state index is 11.2. The summed E-state index contributed by atoms with van der Waals surface area (Å²) in [5.74, 6) is 1.59. The molecule has 0 unspecified atom stereocenters. The van der Waals surface area contributed by atoms with Gasteiger partial charge in [0.25, 0.3) is 5.69 Å². The first-order valence-electron chi connectivity index (χ1n) is 7.98. The van der Waals surface area contributed by atoms with Crippen LogP contribution in [0.1, 0.15) is 25.7 Å². The molecule has 2 saturated carbocycles. The number of benzene rings is 1. The number of anilines is 1. The Bertz CT molecular complexity index is 709. The minimum absolute atomic E-state index is 0.143. The van der Waals surface area contributed by atoms with E-state index < -0.39 is 0 Å². The number of nitrogens with zero attached hydrogens (tertiary/aromatic N) is 3. The number of non-ortho nitro benzene ring substituents is 1. The van der Waals surface area contributed by atoms with Crippen molar-refractivity contribution in [3.8, 4) is 0 Å². The number of pyridine rings is 1. The number of rotatable bonds is 6. The van der Waals surface area contributed by atoms with Crippen LogP contribution < -0.4 is 4.90 Å². The molecule has 2 fully saturated rings. The summed E-state index contributed by atoms with van der Waals surface area (Å²) in [7, 11) is 0. The first-order valence-corrected chi connectivity index (χ1v) is 7.98. The molecule has 2 aromatic rings. The fraction of sp³-hybridized carbons (Fsp3) is 0.471. The molecule has 0 spiro atoms. The molecule has 22 heavy (non-hydrogen) atoms. The second kappa shape index (κ2) is 5.23. The summed E-state index contributed by atoms with van der Waals surface area (Å²) in [5.41, 5.74) is 1.27. The fourth-order valence-corrected chi connectivity index (χ4v) is 3.09. The van der Waals surface area contributed by atoms with Gasteiger partial charge < -0.3 is 4.90 Å². The normalized spacial score (nSPS) is 17.6. The molecule has 1 aromatic carbocycles. The van der Waals surface area contributed by atoms with Gasteiger partial charge in [-0.25, -0.2) is 0 Å². The molecular formula is C17H19N3O2. The summed E-state index contributed by atoms with van der Waals surface area (Å²) in [6.07, 6.45) is 8.59. The van der Waals surface area contributed by atoms with E-state index in [1.165, 1.54) is 25.7 Å². The maximum Gasteiger partial charge on any atom is 0.278 e. The number of aromatic nitrogens is 1. The second-order valence-electron chi connectivity index (χ2n) is 6.57. The molecule has 1 aromatic heterocycles. The zero-order valence-electron chi connectivity index (χ0n) is 12.4. The number of hydrogen-bond donors (Lipinski definition) is 0. The minimum Gasteiger partial charge on any atom is -0.370 e. The van der Waals surface area contributed by atoms with Crippen molar-refractivity contribution >= 4 is 22.1 Å². The number of fused-ring (bicyclic) bond motifs is 1. The van der Waals surface area contributed by atoms with Gasteiger partial charge in [-0.1, -0.05) is 0 Å². The Morgan fingerprint density at radius 3 is 2.36 bits per heavy atom. The van der Waals surface area contributed by atoms with Crippen LogP contribution in [0.15, 0.2) is 30.6 Å². The molecule has 1 heterocycles. The topological polar surface area (TPSA) is 59.3 Å². The van der Waals surface area contributed by atoms with Crippen molar-refractivity contribution in [1.29, 1.82) is 0 Å². The van der Waals surface area contributed by atoms with Crippen molar-refractivity contribution in [3.63, 3.8) is 0 Å². The summed E-state index contributed by atoms with van der Waals surface area (Å²) in [6.45, 7) is 2.15. The molecule has 5 nitrogen and oxygen atoms in total. The minimum atomic E-state index is -0.320. The average Bonchev–Trinajstić information content (AvgIpc) is 3.41. The van der Waals surface area contributed by atoms with E-state index in [0.29, 0.717) is 5.39 Å². The third-order valence-corrected chi connectivity index (χ3v) is 4.66. The Balaban J connectivity index is 1.78. The molecule has 0 amide bonds. The highest BCUT2D eigenvalue weighted by Gasteiger charge is 2.30. The molecule has 0 atom stereocenters. The Kier molecular flexibility index (Phi) is 3.21. The summed E-state index contributed by atoms with van der Waals surface area (Å²) >= 11 is 0. The van der Waals surface area contributed by atoms with Crippen LogP contribution in [0.2, 0.25) is 0 Å². The summed E-state index contributed by atoms with van der Waals surface area (Å²) in [6, 6.07) is 5.46. The Hall–Kier alpha value is -2.17. The zero-order valence-corrected chi connectivity index (χ0v) is 12.4. The van der Waals surface area contributed by atoms with E-state index in [4.69, 9.17) is 0 Å². The van der Waals surface area contributed by atoms with Gasteiger partial charge in [-0.2, -0.15) is 0 Å². The van der Waals surface area contributed by atoms with E-state index >= 15 is 0 Å². The van der Waals surface area contributed by atoms with Gasteiger partial charge in [0.05, 0.1) is 10.3 Å². The fourth-order valence-electron chi connectivity index (χ4n) is 3.09. The molecule has 0 saturated heterocycles. The van der Waals surface area contributed by atoms with E-state index in [2.05, 4.69) is 9.88 Å². The molecule has 114 valence electrons. The SMILES string of the molecule is O=[N+]([O-])c1ccc(N(CC2CC2)CC2CC2)c2ccncc12. The van der Waals surface area contributed by atoms with Crippen molar-refractivity contribution in [1.82, 2.24) is 4.98 Å². The molecule has 0 radical (unpaired) electrons. The lowest BCUT2D eigenvalue weighted by atomic mass is 10.1. The van der Waals surface area contributed by atoms with Crippen molar-refractivity contribution in [2.24, 2.45) is 11.8 Å². The second-order valence-corrected chi connectivity index (χ2v) is 6.57. The van der Waals surface area contributed by atoms with E-state index in [1.807, 2.05) is 12.1 Å². The van der Waals surface area contributed by atoms with Crippen LogP contribution in [0, 0.1) is 22.0 Å². The highest BCUT2D eigenvalue weighted by atomic mass is 16.6. The Morgan fingerprint density at radius 1 is 1.09 bits per heavy atom. The predicted molar refractivity (Wildman–Crippen MR) is 86.1 cm³/mol. The molecule has 0 bridgehead atoms. The molecule has 0 aliphatic heterocycles. The van der Waals surface area contributed by atoms with Gasteiger partial charge in [-0.15, -0.1) is 0 Å². The van der Waals surface area contributed by atoms with Crippen molar-refractivity contribution in [3.05, 3.63) is 40.7 Å². The third kappa shape index (κ3) is 2.63. The van der Waals surface area contributed by atoms with Crippen molar-refractivity contribution < 1.29 is 4.92 Å². The van der Waals surface area contributed by atoms with Gasteiger partial charge in [0.1, 0.15) is 0 Å². The van der Waals surface area contributed by atoms with E-state index in [9.17, 15) is 10.1 Å². The molecule has 2 aliphatic carbocycles. The standard InChI is InChI=1S/C17H19N3O2/c21-20(22)17-6-5-16(14-7-8-18-9-15(14)17)19(10-12-1-2-12)11-13-3-4-13/h5-9,12-13H,1-4,10-11H2. The lowest BCUT2D eigenvalue weighted by molar-refractivity contribution is -0.383. The molecular weight excluding hydrogens is 278 g/mol. The average molecular weight is 297 g/mol. The summed E-state index contributed by atoms with van der Waals surface area (Å²) in [4.78, 5) is 17.4. The first-order chi connectivity index (χ1) is 10.7. The smallest absolute Gasteiger partial charge is 0.278 e. The van der Waals surface area contributed by atoms with Gasteiger partial charge in [0.2, 0.25) is 0 Å². The van der Waals surface area contributed by atoms with Crippen LogP contribution >= 0.6 is 0 Å². The van der Waals surface area contributed by atoms with E-state index in [-0.39, 0.29) is 10.6 Å². The van der Waals surface area contributed by atoms with E-state index in [1.54, 1.807) is 18.5 Å². The molecule has 2 aliphatic rings. The summed E-state index contributed by atoms with van der Waals surface area (Å²) in [5, 5.41) is 12.8. The number of hydrogen-bond acceptors (Lipinski definition) is 4. The van der Waals surface area contributed by atoms with Crippen molar-refractivity contribution in [2.75, 3.05) is 18.0 Å². The molecule has 0 N–H and O–H groups in total. The van der Waals surface area contributed by atoms with Crippen LogP contribution in [0.4, 0.5) is 11.4 Å². The van der Waals surface area contributed by atoms with Gasteiger partial charge in [0.15, 0.2) is 0 Å². The van der Waals surface area contributed by atoms with Crippen LogP contribution in [0.5, 0.6) is 0 Å². The van der Waals surface area contributed by atoms with Crippen LogP contribution in [0.25, 0.3) is 10.8 Å². The first kappa shape index (κ1) is 13.5. The van der Waals surface area contributed by atoms with Gasteiger partial charge >= 0.3 is 0 Å². The lowest BCUT2D eigenvalue weighted by Gasteiger charge is -2.26. The zero-order chi connectivity index (χ0) is 15.1. The Morgan fingerprint density at radius 2 is 1.77 bits per heavy atom. The van der Waals surface area contributed by atoms with Crippen LogP contribution in [0.3, 0.4) is 0 Å². The van der Waals surface area contributed by atoms with Gasteiger partial charge in [0, 0.05) is 42.6 Å².